The largest absolute Gasteiger partial charge is 0.207 e. The average Bonchev–Trinajstić information content (AvgIpc) is 2.62. The smallest absolute Gasteiger partial charge is 0.161 e. The molecule has 1 aromatic carbocycles. The summed E-state index contributed by atoms with van der Waals surface area (Å²) < 4.78 is 39.8. The summed E-state index contributed by atoms with van der Waals surface area (Å²) in [6.07, 6.45) is 8.03. The molecule has 1 unspecified atom stereocenters. The fraction of sp³-hybridized carbons (Fsp3) is 0.600. The van der Waals surface area contributed by atoms with Crippen molar-refractivity contribution in [2.45, 2.75) is 49.8 Å². The Morgan fingerprint density at radius 1 is 0.947 bits per heavy atom. The average molecular weight is 335 g/mol. The third-order valence-corrected chi connectivity index (χ3v) is 4.76. The van der Waals surface area contributed by atoms with E-state index in [9.17, 15) is 13.2 Å². The van der Waals surface area contributed by atoms with Crippen molar-refractivity contribution in [2.24, 2.45) is 5.92 Å². The van der Waals surface area contributed by atoms with Gasteiger partial charge >= 0.3 is 0 Å². The minimum absolute atomic E-state index is 0.225. The molecule has 2 rings (SSSR count). The fourth-order valence-electron chi connectivity index (χ4n) is 2.80. The highest BCUT2D eigenvalue weighted by molar-refractivity contribution is 9.09. The van der Waals surface area contributed by atoms with E-state index in [1.54, 1.807) is 0 Å². The van der Waals surface area contributed by atoms with Gasteiger partial charge in [-0.25, -0.2) is 13.2 Å². The SMILES string of the molecule is Fc1cc(F)c(C(Br)CC2CCCCCC2)cc1F. The molecule has 0 N–H and O–H groups in total. The lowest BCUT2D eigenvalue weighted by Gasteiger charge is -2.19. The second kappa shape index (κ2) is 6.78. The lowest BCUT2D eigenvalue weighted by Crippen LogP contribution is -2.05. The molecular weight excluding hydrogens is 317 g/mol. The fourth-order valence-corrected chi connectivity index (χ4v) is 3.68. The van der Waals surface area contributed by atoms with Crippen LogP contribution in [0.4, 0.5) is 13.2 Å². The molecule has 1 aromatic rings. The molecule has 0 bridgehead atoms. The molecule has 1 atom stereocenters. The first-order valence-corrected chi connectivity index (χ1v) is 7.78. The molecule has 106 valence electrons. The van der Waals surface area contributed by atoms with Gasteiger partial charge in [0.15, 0.2) is 11.6 Å². The summed E-state index contributed by atoms with van der Waals surface area (Å²) in [5, 5.41) is 0. The van der Waals surface area contributed by atoms with Crippen LogP contribution in [0.1, 0.15) is 55.3 Å². The summed E-state index contributed by atoms with van der Waals surface area (Å²) in [4.78, 5) is -0.245. The summed E-state index contributed by atoms with van der Waals surface area (Å²) in [5.41, 5.74) is 0.225. The number of halogens is 4. The lowest BCUT2D eigenvalue weighted by molar-refractivity contribution is 0.420. The standard InChI is InChI=1S/C15H18BrF3/c16-12(7-10-5-3-1-2-4-6-10)11-8-14(18)15(19)9-13(11)17/h8-10,12H,1-7H2. The van der Waals surface area contributed by atoms with Crippen LogP contribution in [0, 0.1) is 23.4 Å². The monoisotopic (exact) mass is 334 g/mol. The van der Waals surface area contributed by atoms with Crippen LogP contribution in [0.2, 0.25) is 0 Å². The van der Waals surface area contributed by atoms with Crippen molar-refractivity contribution < 1.29 is 13.2 Å². The predicted octanol–water partition coefficient (Wildman–Crippen LogP) is 5.90. The number of hydrogen-bond acceptors (Lipinski definition) is 0. The van der Waals surface area contributed by atoms with Gasteiger partial charge in [-0.2, -0.15) is 0 Å². The molecule has 0 aromatic heterocycles. The Kier molecular flexibility index (Phi) is 5.31. The van der Waals surface area contributed by atoms with Crippen molar-refractivity contribution in [2.75, 3.05) is 0 Å². The highest BCUT2D eigenvalue weighted by atomic mass is 79.9. The van der Waals surface area contributed by atoms with Gasteiger partial charge in [0.1, 0.15) is 5.82 Å². The van der Waals surface area contributed by atoms with Crippen molar-refractivity contribution in [3.8, 4) is 0 Å². The first-order valence-electron chi connectivity index (χ1n) is 6.86. The molecule has 0 saturated heterocycles. The molecule has 1 saturated carbocycles. The van der Waals surface area contributed by atoms with Gasteiger partial charge in [-0.05, 0) is 18.4 Å². The van der Waals surface area contributed by atoms with E-state index in [0.29, 0.717) is 12.0 Å². The summed E-state index contributed by atoms with van der Waals surface area (Å²) >= 11 is 3.43. The Labute approximate surface area is 120 Å². The minimum Gasteiger partial charge on any atom is -0.207 e. The first kappa shape index (κ1) is 14.9. The molecule has 1 aliphatic carbocycles. The maximum atomic E-state index is 13.7. The zero-order chi connectivity index (χ0) is 13.8. The molecule has 1 aliphatic rings. The number of rotatable bonds is 3. The second-order valence-electron chi connectivity index (χ2n) is 5.35. The highest BCUT2D eigenvalue weighted by Crippen LogP contribution is 2.37. The Bertz CT molecular complexity index is 426. The van der Waals surface area contributed by atoms with Crippen LogP contribution in [0.5, 0.6) is 0 Å². The van der Waals surface area contributed by atoms with E-state index in [-0.39, 0.29) is 10.4 Å². The Hall–Kier alpha value is -0.510. The highest BCUT2D eigenvalue weighted by Gasteiger charge is 2.21. The third-order valence-electron chi connectivity index (χ3n) is 3.89. The summed E-state index contributed by atoms with van der Waals surface area (Å²) in [5.74, 6) is -2.24. The van der Waals surface area contributed by atoms with Gasteiger partial charge in [-0.3, -0.25) is 0 Å². The Balaban J connectivity index is 2.06. The van der Waals surface area contributed by atoms with E-state index in [4.69, 9.17) is 0 Å². The molecular formula is C15H18BrF3. The van der Waals surface area contributed by atoms with Gasteiger partial charge in [0, 0.05) is 16.5 Å². The van der Waals surface area contributed by atoms with Crippen LogP contribution in [0.3, 0.4) is 0 Å². The number of alkyl halides is 1. The van der Waals surface area contributed by atoms with Crippen molar-refractivity contribution in [3.63, 3.8) is 0 Å². The first-order chi connectivity index (χ1) is 9.08. The van der Waals surface area contributed by atoms with Gasteiger partial charge in [0.25, 0.3) is 0 Å². The Morgan fingerprint density at radius 3 is 2.16 bits per heavy atom. The minimum atomic E-state index is -1.13. The molecule has 0 nitrogen and oxygen atoms in total. The topological polar surface area (TPSA) is 0 Å². The van der Waals surface area contributed by atoms with Gasteiger partial charge in [0.05, 0.1) is 0 Å². The number of benzene rings is 1. The van der Waals surface area contributed by atoms with Crippen LogP contribution in [0.15, 0.2) is 12.1 Å². The van der Waals surface area contributed by atoms with Gasteiger partial charge in [-0.15, -0.1) is 0 Å². The maximum Gasteiger partial charge on any atom is 0.161 e. The quantitative estimate of drug-likeness (QED) is 0.366. The van der Waals surface area contributed by atoms with Crippen LogP contribution in [-0.4, -0.2) is 0 Å². The second-order valence-corrected chi connectivity index (χ2v) is 6.45. The van der Waals surface area contributed by atoms with E-state index >= 15 is 0 Å². The van der Waals surface area contributed by atoms with Gasteiger partial charge in [0.2, 0.25) is 0 Å². The van der Waals surface area contributed by atoms with Crippen molar-refractivity contribution in [1.82, 2.24) is 0 Å². The lowest BCUT2D eigenvalue weighted by atomic mass is 9.92. The van der Waals surface area contributed by atoms with E-state index in [0.717, 1.165) is 25.3 Å². The van der Waals surface area contributed by atoms with Crippen LogP contribution >= 0.6 is 15.9 Å². The van der Waals surface area contributed by atoms with Crippen molar-refractivity contribution in [1.29, 1.82) is 0 Å². The molecule has 1 fully saturated rings. The van der Waals surface area contributed by atoms with Crippen LogP contribution in [-0.2, 0) is 0 Å². The summed E-state index contributed by atoms with van der Waals surface area (Å²) in [7, 11) is 0. The van der Waals surface area contributed by atoms with E-state index in [2.05, 4.69) is 15.9 Å². The maximum absolute atomic E-state index is 13.7. The van der Waals surface area contributed by atoms with Crippen LogP contribution < -0.4 is 0 Å². The van der Waals surface area contributed by atoms with Crippen LogP contribution in [0.25, 0.3) is 0 Å². The molecule has 0 amide bonds. The Morgan fingerprint density at radius 2 is 1.53 bits per heavy atom. The third kappa shape index (κ3) is 3.98. The summed E-state index contributed by atoms with van der Waals surface area (Å²) in [6, 6.07) is 1.60. The van der Waals surface area contributed by atoms with E-state index in [1.807, 2.05) is 0 Å². The number of hydrogen-bond donors (Lipinski definition) is 0. The molecule has 19 heavy (non-hydrogen) atoms. The van der Waals surface area contributed by atoms with Gasteiger partial charge in [-0.1, -0.05) is 54.5 Å². The normalized spacial score (nSPS) is 19.2. The van der Waals surface area contributed by atoms with Gasteiger partial charge < -0.3 is 0 Å². The zero-order valence-corrected chi connectivity index (χ0v) is 12.4. The molecule has 0 aliphatic heterocycles. The molecule has 0 spiro atoms. The summed E-state index contributed by atoms with van der Waals surface area (Å²) in [6.45, 7) is 0. The predicted molar refractivity (Wildman–Crippen MR) is 73.8 cm³/mol. The molecule has 4 heteroatoms. The molecule has 0 radical (unpaired) electrons. The van der Waals surface area contributed by atoms with Crippen molar-refractivity contribution in [3.05, 3.63) is 35.1 Å². The molecule has 0 heterocycles. The zero-order valence-electron chi connectivity index (χ0n) is 10.8. The van der Waals surface area contributed by atoms with E-state index < -0.39 is 17.5 Å². The van der Waals surface area contributed by atoms with Crippen molar-refractivity contribution >= 4 is 15.9 Å². The van der Waals surface area contributed by atoms with E-state index in [1.165, 1.54) is 25.7 Å².